The van der Waals surface area contributed by atoms with E-state index < -0.39 is 0 Å². The van der Waals surface area contributed by atoms with Crippen LogP contribution in [-0.4, -0.2) is 4.98 Å². The number of aromatic nitrogens is 1. The second-order valence-corrected chi connectivity index (χ2v) is 7.92. The number of nitrogens with two attached hydrogens (primary N) is 1. The lowest BCUT2D eigenvalue weighted by atomic mass is 9.72. The van der Waals surface area contributed by atoms with Crippen LogP contribution in [0.1, 0.15) is 24.8 Å². The average molecular weight is 403 g/mol. The Morgan fingerprint density at radius 2 is 1.69 bits per heavy atom. The highest BCUT2D eigenvalue weighted by molar-refractivity contribution is 6.33. The molecule has 0 saturated heterocycles. The summed E-state index contributed by atoms with van der Waals surface area (Å²) in [5.74, 6) is 0.483. The van der Waals surface area contributed by atoms with Crippen LogP contribution in [0, 0.1) is 0 Å². The van der Waals surface area contributed by atoms with Crippen molar-refractivity contribution in [1.29, 1.82) is 0 Å². The van der Waals surface area contributed by atoms with Crippen LogP contribution in [0.3, 0.4) is 0 Å². The molecule has 0 amide bonds. The highest BCUT2D eigenvalue weighted by Crippen LogP contribution is 2.40. The van der Waals surface area contributed by atoms with E-state index in [9.17, 15) is 4.79 Å². The Morgan fingerprint density at radius 1 is 0.966 bits per heavy atom. The van der Waals surface area contributed by atoms with Gasteiger partial charge in [0.15, 0.2) is 10.7 Å². The van der Waals surface area contributed by atoms with Crippen molar-refractivity contribution in [2.45, 2.75) is 24.8 Å². The first kappa shape index (κ1) is 18.1. The molecule has 1 aliphatic carbocycles. The quantitative estimate of drug-likeness (QED) is 0.458. The van der Waals surface area contributed by atoms with E-state index in [1.807, 2.05) is 54.6 Å². The molecule has 144 valence electrons. The summed E-state index contributed by atoms with van der Waals surface area (Å²) in [7, 11) is 0. The number of hydrogen-bond donors (Lipinski definition) is 1. The van der Waals surface area contributed by atoms with E-state index in [0.717, 1.165) is 36.0 Å². The molecule has 4 nitrogen and oxygen atoms in total. The van der Waals surface area contributed by atoms with Gasteiger partial charge in [0.2, 0.25) is 5.43 Å². The van der Waals surface area contributed by atoms with Crippen LogP contribution in [0.2, 0.25) is 5.15 Å². The Morgan fingerprint density at radius 3 is 2.34 bits per heavy atom. The van der Waals surface area contributed by atoms with E-state index in [0.29, 0.717) is 22.3 Å². The average Bonchev–Trinajstić information content (AvgIpc) is 2.73. The van der Waals surface area contributed by atoms with E-state index in [1.54, 1.807) is 6.07 Å². The van der Waals surface area contributed by atoms with Crippen molar-refractivity contribution in [3.63, 3.8) is 0 Å². The Hall–Kier alpha value is -2.95. The lowest BCUT2D eigenvalue weighted by molar-refractivity contribution is 0.253. The summed E-state index contributed by atoms with van der Waals surface area (Å²) in [6.45, 7) is 0. The zero-order valence-corrected chi connectivity index (χ0v) is 16.4. The molecule has 2 N–H and O–H groups in total. The van der Waals surface area contributed by atoms with Crippen LogP contribution in [0.4, 0.5) is 0 Å². The highest BCUT2D eigenvalue weighted by atomic mass is 35.5. The topological polar surface area (TPSA) is 69.1 Å². The number of fused-ring (bicyclic) bond motifs is 1. The summed E-state index contributed by atoms with van der Waals surface area (Å²) in [5, 5.41) is 0.590. The minimum Gasteiger partial charge on any atom is -0.452 e. The Balaban J connectivity index is 1.76. The first-order valence-electron chi connectivity index (χ1n) is 9.63. The molecule has 1 aliphatic rings. The number of benzene rings is 2. The number of nitrogens with zero attached hydrogens (tertiary/aromatic N) is 1. The molecule has 0 spiro atoms. The maximum absolute atomic E-state index is 13.5. The van der Waals surface area contributed by atoms with Gasteiger partial charge in [-0.25, -0.2) is 4.98 Å². The molecule has 2 aromatic carbocycles. The predicted octanol–water partition coefficient (Wildman–Crippen LogP) is 5.51. The fourth-order valence-electron chi connectivity index (χ4n) is 3.96. The van der Waals surface area contributed by atoms with Gasteiger partial charge in [-0.3, -0.25) is 4.79 Å². The molecule has 2 heterocycles. The van der Waals surface area contributed by atoms with Gasteiger partial charge in [-0.2, -0.15) is 0 Å². The van der Waals surface area contributed by atoms with Crippen molar-refractivity contribution in [2.75, 3.05) is 0 Å². The fraction of sp³-hybridized carbons (Fsp3) is 0.167. The molecule has 0 atom stereocenters. The summed E-state index contributed by atoms with van der Waals surface area (Å²) >= 11 is 6.22. The molecule has 2 aromatic heterocycles. The van der Waals surface area contributed by atoms with Crippen LogP contribution >= 0.6 is 11.6 Å². The van der Waals surface area contributed by atoms with Crippen molar-refractivity contribution >= 4 is 22.6 Å². The van der Waals surface area contributed by atoms with Gasteiger partial charge >= 0.3 is 0 Å². The largest absolute Gasteiger partial charge is 0.452 e. The number of pyridine rings is 1. The molecule has 29 heavy (non-hydrogen) atoms. The molecule has 0 aliphatic heterocycles. The normalized spacial score (nSPS) is 15.2. The van der Waals surface area contributed by atoms with E-state index in [-0.39, 0.29) is 16.1 Å². The van der Waals surface area contributed by atoms with E-state index in [2.05, 4.69) is 4.98 Å². The molecule has 0 radical (unpaired) electrons. The minimum absolute atomic E-state index is 0.131. The summed E-state index contributed by atoms with van der Waals surface area (Å²) < 4.78 is 6.16. The molecule has 4 aromatic rings. The van der Waals surface area contributed by atoms with Crippen LogP contribution in [0.25, 0.3) is 33.4 Å². The van der Waals surface area contributed by atoms with Gasteiger partial charge in [0.1, 0.15) is 5.76 Å². The lowest BCUT2D eigenvalue weighted by Gasteiger charge is -2.38. The number of halogens is 1. The van der Waals surface area contributed by atoms with E-state index in [1.165, 1.54) is 6.20 Å². The standard InChI is InChI=1S/C24H19ClN2O2/c25-23-22-18(11-14-27-23)20(28)19(21(29-22)16-5-2-1-3-6-16)15-7-9-17(10-8-15)24(26)12-4-13-24/h1-3,5-11,14H,4,12-13,26H2. The van der Waals surface area contributed by atoms with Crippen LogP contribution in [-0.2, 0) is 5.54 Å². The molecular formula is C24H19ClN2O2. The van der Waals surface area contributed by atoms with Crippen molar-refractivity contribution in [2.24, 2.45) is 5.73 Å². The Labute approximate surface area is 173 Å². The SMILES string of the molecule is NC1(c2ccc(-c3c(-c4ccccc4)oc4c(Cl)nccc4c3=O)cc2)CCC1. The molecule has 5 heteroatoms. The summed E-state index contributed by atoms with van der Waals surface area (Å²) in [4.78, 5) is 17.5. The molecular weight excluding hydrogens is 384 g/mol. The van der Waals surface area contributed by atoms with E-state index >= 15 is 0 Å². The van der Waals surface area contributed by atoms with Crippen molar-refractivity contribution in [1.82, 2.24) is 4.98 Å². The van der Waals surface area contributed by atoms with Gasteiger partial charge in [-0.05, 0) is 36.5 Å². The number of rotatable bonds is 3. The minimum atomic E-state index is -0.242. The van der Waals surface area contributed by atoms with E-state index in [4.69, 9.17) is 21.8 Å². The first-order chi connectivity index (χ1) is 14.1. The molecule has 1 saturated carbocycles. The highest BCUT2D eigenvalue weighted by Gasteiger charge is 2.34. The zero-order valence-electron chi connectivity index (χ0n) is 15.7. The maximum atomic E-state index is 13.5. The molecule has 0 bridgehead atoms. The van der Waals surface area contributed by atoms with Gasteiger partial charge < -0.3 is 10.2 Å². The van der Waals surface area contributed by atoms with Crippen molar-refractivity contribution < 1.29 is 4.42 Å². The molecule has 5 rings (SSSR count). The smallest absolute Gasteiger partial charge is 0.201 e. The number of hydrogen-bond acceptors (Lipinski definition) is 4. The van der Waals surface area contributed by atoms with Gasteiger partial charge in [0, 0.05) is 17.3 Å². The fourth-order valence-corrected chi connectivity index (χ4v) is 4.16. The van der Waals surface area contributed by atoms with Gasteiger partial charge in [-0.1, -0.05) is 66.2 Å². The van der Waals surface area contributed by atoms with Crippen molar-refractivity contribution in [3.8, 4) is 22.5 Å². The third-order valence-corrected chi connectivity index (χ3v) is 6.06. The maximum Gasteiger partial charge on any atom is 0.201 e. The lowest BCUT2D eigenvalue weighted by Crippen LogP contribution is -2.43. The third-order valence-electron chi connectivity index (χ3n) is 5.79. The molecule has 1 fully saturated rings. The van der Waals surface area contributed by atoms with Crippen LogP contribution in [0.5, 0.6) is 0 Å². The second-order valence-electron chi connectivity index (χ2n) is 7.57. The Kier molecular flexibility index (Phi) is 4.26. The first-order valence-corrected chi connectivity index (χ1v) is 10.0. The summed E-state index contributed by atoms with van der Waals surface area (Å²) in [5.41, 5.74) is 9.59. The van der Waals surface area contributed by atoms with Crippen LogP contribution < -0.4 is 11.2 Å². The summed E-state index contributed by atoms with van der Waals surface area (Å²) in [6, 6.07) is 19.2. The van der Waals surface area contributed by atoms with Gasteiger partial charge in [0.05, 0.1) is 10.9 Å². The Bertz CT molecular complexity index is 1260. The van der Waals surface area contributed by atoms with Gasteiger partial charge in [-0.15, -0.1) is 0 Å². The monoisotopic (exact) mass is 402 g/mol. The third kappa shape index (κ3) is 2.96. The molecule has 0 unspecified atom stereocenters. The summed E-state index contributed by atoms with van der Waals surface area (Å²) in [6.07, 6.45) is 4.65. The second kappa shape index (κ2) is 6.83. The van der Waals surface area contributed by atoms with Crippen molar-refractivity contribution in [3.05, 3.63) is 87.8 Å². The van der Waals surface area contributed by atoms with Gasteiger partial charge in [0.25, 0.3) is 0 Å². The van der Waals surface area contributed by atoms with Crippen LogP contribution in [0.15, 0.2) is 76.1 Å². The zero-order chi connectivity index (χ0) is 20.0. The predicted molar refractivity (Wildman–Crippen MR) is 116 cm³/mol.